The van der Waals surface area contributed by atoms with Gasteiger partial charge >= 0.3 is 0 Å². The van der Waals surface area contributed by atoms with E-state index in [1.54, 1.807) is 12.2 Å². The van der Waals surface area contributed by atoms with Gasteiger partial charge in [-0.15, -0.1) is 0 Å². The molecule has 2 aliphatic rings. The second-order valence-corrected chi connectivity index (χ2v) is 4.16. The topological polar surface area (TPSA) is 58.9 Å². The van der Waals surface area contributed by atoms with Crippen molar-refractivity contribution in [3.63, 3.8) is 0 Å². The normalized spacial score (nSPS) is 39.7. The summed E-state index contributed by atoms with van der Waals surface area (Å²) >= 11 is 0. The summed E-state index contributed by atoms with van der Waals surface area (Å²) in [6.45, 7) is 0. The molecule has 4 heteroatoms. The molecular weight excluding hydrogens is 180 g/mol. The van der Waals surface area contributed by atoms with Crippen LogP contribution in [-0.2, 0) is 9.59 Å². The largest absolute Gasteiger partial charge is 0.235 e. The zero-order chi connectivity index (χ0) is 10.0. The summed E-state index contributed by atoms with van der Waals surface area (Å²) in [6, 6.07) is -0.116. The van der Waals surface area contributed by atoms with Crippen LogP contribution in [0.4, 0.5) is 0 Å². The number of nitrogens with zero attached hydrogens (tertiary/aromatic N) is 2. The van der Waals surface area contributed by atoms with E-state index >= 15 is 0 Å². The van der Waals surface area contributed by atoms with Gasteiger partial charge in [0.15, 0.2) is 0 Å². The highest BCUT2D eigenvalue weighted by Gasteiger charge is 2.51. The minimum Gasteiger partial charge on any atom is -0.211 e. The van der Waals surface area contributed by atoms with Gasteiger partial charge in [0.25, 0.3) is 0 Å². The Balaban J connectivity index is 2.36. The Hall–Kier alpha value is -1.24. The molecule has 0 aromatic heterocycles. The van der Waals surface area contributed by atoms with Crippen LogP contribution in [0.15, 0.2) is 9.98 Å². The van der Waals surface area contributed by atoms with Crippen LogP contribution in [0.2, 0.25) is 0 Å². The molecule has 0 amide bonds. The van der Waals surface area contributed by atoms with E-state index in [0.717, 1.165) is 32.1 Å². The summed E-state index contributed by atoms with van der Waals surface area (Å²) in [5.74, 6) is 0.419. The van der Waals surface area contributed by atoms with E-state index in [1.165, 1.54) is 0 Å². The fourth-order valence-electron chi connectivity index (χ4n) is 2.98. The molecule has 0 aliphatic heterocycles. The lowest BCUT2D eigenvalue weighted by Gasteiger charge is -2.33. The summed E-state index contributed by atoms with van der Waals surface area (Å²) in [7, 11) is 0. The molecule has 3 unspecified atom stereocenters. The lowest BCUT2D eigenvalue weighted by atomic mass is 9.79. The third kappa shape index (κ3) is 1.24. The fourth-order valence-corrected chi connectivity index (χ4v) is 2.98. The fraction of sp³-hybridized carbons (Fsp3) is 0.800. The quantitative estimate of drug-likeness (QED) is 0.490. The molecule has 0 heterocycles. The van der Waals surface area contributed by atoms with Gasteiger partial charge in [0, 0.05) is 0 Å². The summed E-state index contributed by atoms with van der Waals surface area (Å²) in [4.78, 5) is 28.4. The number of fused-ring (bicyclic) bond motifs is 2. The highest BCUT2D eigenvalue weighted by molar-refractivity contribution is 5.39. The minimum absolute atomic E-state index is 0.116. The van der Waals surface area contributed by atoms with Gasteiger partial charge in [0.05, 0.1) is 11.6 Å². The van der Waals surface area contributed by atoms with Crippen LogP contribution >= 0.6 is 0 Å². The van der Waals surface area contributed by atoms with Gasteiger partial charge in [0.2, 0.25) is 12.2 Å². The first-order chi connectivity index (χ1) is 6.82. The Bertz CT molecular complexity index is 325. The molecule has 0 aromatic rings. The van der Waals surface area contributed by atoms with Crippen molar-refractivity contribution in [2.24, 2.45) is 15.9 Å². The van der Waals surface area contributed by atoms with Gasteiger partial charge in [-0.2, -0.15) is 9.98 Å². The van der Waals surface area contributed by atoms with E-state index in [1.807, 2.05) is 0 Å². The summed E-state index contributed by atoms with van der Waals surface area (Å²) < 4.78 is 0. The predicted octanol–water partition coefficient (Wildman–Crippen LogP) is 1.36. The van der Waals surface area contributed by atoms with Crippen molar-refractivity contribution in [3.05, 3.63) is 0 Å². The molecule has 0 radical (unpaired) electrons. The maximum Gasteiger partial charge on any atom is 0.235 e. The van der Waals surface area contributed by atoms with Crippen molar-refractivity contribution >= 4 is 12.2 Å². The van der Waals surface area contributed by atoms with E-state index in [-0.39, 0.29) is 6.04 Å². The smallest absolute Gasteiger partial charge is 0.211 e. The number of hydrogen-bond acceptors (Lipinski definition) is 4. The molecule has 2 rings (SSSR count). The van der Waals surface area contributed by atoms with E-state index in [0.29, 0.717) is 5.92 Å². The predicted molar refractivity (Wildman–Crippen MR) is 49.3 cm³/mol. The summed E-state index contributed by atoms with van der Waals surface area (Å²) in [6.07, 6.45) is 8.13. The molecular formula is C10H12N2O2. The minimum atomic E-state index is -0.415. The lowest BCUT2D eigenvalue weighted by Crippen LogP contribution is -2.40. The molecule has 2 aliphatic carbocycles. The standard InChI is InChI=1S/C10H12N2O2/c13-6-11-9-8-2-1-4-10(9,5-3-8)12-7-14/h8-9H,1-5H2. The molecule has 0 saturated heterocycles. The second-order valence-electron chi connectivity index (χ2n) is 4.16. The van der Waals surface area contributed by atoms with E-state index in [2.05, 4.69) is 9.98 Å². The van der Waals surface area contributed by atoms with Gasteiger partial charge in [0.1, 0.15) is 0 Å². The van der Waals surface area contributed by atoms with Crippen LogP contribution in [-0.4, -0.2) is 23.7 Å². The molecule has 74 valence electrons. The van der Waals surface area contributed by atoms with Gasteiger partial charge in [-0.05, 0) is 31.6 Å². The average Bonchev–Trinajstić information content (AvgIpc) is 2.40. The van der Waals surface area contributed by atoms with Gasteiger partial charge in [-0.1, -0.05) is 6.42 Å². The Morgan fingerprint density at radius 3 is 2.71 bits per heavy atom. The number of hydrogen-bond donors (Lipinski definition) is 0. The zero-order valence-corrected chi connectivity index (χ0v) is 7.90. The van der Waals surface area contributed by atoms with Gasteiger partial charge in [-0.25, -0.2) is 9.59 Å². The average molecular weight is 192 g/mol. The number of aliphatic imine (C=N–C) groups is 2. The molecule has 2 bridgehead atoms. The zero-order valence-electron chi connectivity index (χ0n) is 7.90. The molecule has 0 N–H and O–H groups in total. The van der Waals surface area contributed by atoms with Gasteiger partial charge in [-0.3, -0.25) is 0 Å². The van der Waals surface area contributed by atoms with Crippen LogP contribution in [0.1, 0.15) is 32.1 Å². The molecule has 0 spiro atoms. The highest BCUT2D eigenvalue weighted by atomic mass is 16.1. The Morgan fingerprint density at radius 2 is 2.00 bits per heavy atom. The van der Waals surface area contributed by atoms with Crippen molar-refractivity contribution in [2.75, 3.05) is 0 Å². The first-order valence-corrected chi connectivity index (χ1v) is 4.98. The molecule has 0 aromatic carbocycles. The van der Waals surface area contributed by atoms with E-state index < -0.39 is 5.54 Å². The molecule has 3 atom stereocenters. The highest BCUT2D eigenvalue weighted by Crippen LogP contribution is 2.49. The number of isocyanates is 2. The molecule has 2 fully saturated rings. The van der Waals surface area contributed by atoms with Gasteiger partial charge < -0.3 is 0 Å². The first-order valence-electron chi connectivity index (χ1n) is 4.98. The van der Waals surface area contributed by atoms with Crippen molar-refractivity contribution in [3.8, 4) is 0 Å². The van der Waals surface area contributed by atoms with Crippen LogP contribution in [0, 0.1) is 5.92 Å². The van der Waals surface area contributed by atoms with Crippen molar-refractivity contribution in [1.82, 2.24) is 0 Å². The first kappa shape index (κ1) is 9.32. The maximum absolute atomic E-state index is 10.4. The maximum atomic E-state index is 10.4. The van der Waals surface area contributed by atoms with Crippen LogP contribution < -0.4 is 0 Å². The molecule has 4 nitrogen and oxygen atoms in total. The summed E-state index contributed by atoms with van der Waals surface area (Å²) in [5.41, 5.74) is -0.415. The Morgan fingerprint density at radius 1 is 1.14 bits per heavy atom. The Labute approximate surface area is 82.1 Å². The van der Waals surface area contributed by atoms with Crippen LogP contribution in [0.25, 0.3) is 0 Å². The number of carbonyl (C=O) groups excluding carboxylic acids is 2. The lowest BCUT2D eigenvalue weighted by molar-refractivity contribution is 0.263. The van der Waals surface area contributed by atoms with Crippen molar-refractivity contribution < 1.29 is 9.59 Å². The van der Waals surface area contributed by atoms with Crippen LogP contribution in [0.5, 0.6) is 0 Å². The van der Waals surface area contributed by atoms with Crippen LogP contribution in [0.3, 0.4) is 0 Å². The Kier molecular flexibility index (Phi) is 2.32. The summed E-state index contributed by atoms with van der Waals surface area (Å²) in [5, 5.41) is 0. The SMILES string of the molecule is O=C=NC1C2CCCC1(N=C=O)CC2. The third-order valence-corrected chi connectivity index (χ3v) is 3.59. The van der Waals surface area contributed by atoms with Crippen molar-refractivity contribution in [1.29, 1.82) is 0 Å². The van der Waals surface area contributed by atoms with E-state index in [4.69, 9.17) is 0 Å². The second kappa shape index (κ2) is 3.49. The number of rotatable bonds is 2. The molecule has 14 heavy (non-hydrogen) atoms. The van der Waals surface area contributed by atoms with E-state index in [9.17, 15) is 9.59 Å². The monoisotopic (exact) mass is 192 g/mol. The van der Waals surface area contributed by atoms with Crippen molar-refractivity contribution in [2.45, 2.75) is 43.7 Å². The third-order valence-electron chi connectivity index (χ3n) is 3.59. The molecule has 2 saturated carbocycles.